The van der Waals surface area contributed by atoms with E-state index in [1.54, 1.807) is 16.9 Å². The van der Waals surface area contributed by atoms with Gasteiger partial charge < -0.3 is 14.4 Å². The molecule has 0 bridgehead atoms. The first-order valence-electron chi connectivity index (χ1n) is 9.85. The number of hydrogen-bond donors (Lipinski definition) is 1. The molecule has 0 amide bonds. The van der Waals surface area contributed by atoms with Gasteiger partial charge in [0.05, 0.1) is 0 Å². The first kappa shape index (κ1) is 17.8. The molecule has 2 aliphatic heterocycles. The summed E-state index contributed by atoms with van der Waals surface area (Å²) in [6, 6.07) is 15.1. The molecule has 8 heteroatoms. The Bertz CT molecular complexity index is 1020. The number of rotatable bonds is 4. The van der Waals surface area contributed by atoms with Gasteiger partial charge in [-0.1, -0.05) is 18.2 Å². The van der Waals surface area contributed by atoms with Crippen LogP contribution in [-0.4, -0.2) is 65.1 Å². The molecule has 0 aliphatic carbocycles. The average Bonchev–Trinajstić information content (AvgIpc) is 3.16. The van der Waals surface area contributed by atoms with Gasteiger partial charge in [0, 0.05) is 45.0 Å². The standard InChI is InChI=1S/C21H23N5O3/c27-20-13-21(26(23-20)19-7-3-4-8-22-19)25-11-9-24(10-12-25)14-16-15-28-17-5-1-2-6-18(17)29-16/h1-8,13,16H,9-12,14-15H2,(H,23,27)/t16-/m0/s1. The van der Waals surface area contributed by atoms with E-state index in [9.17, 15) is 4.79 Å². The largest absolute Gasteiger partial charge is 0.486 e. The lowest BCUT2D eigenvalue weighted by Crippen LogP contribution is -2.51. The molecule has 2 aromatic heterocycles. The number of fused-ring (bicyclic) bond motifs is 1. The number of nitrogens with zero attached hydrogens (tertiary/aromatic N) is 4. The van der Waals surface area contributed by atoms with Crippen LogP contribution < -0.4 is 19.9 Å². The number of benzene rings is 1. The van der Waals surface area contributed by atoms with Crippen molar-refractivity contribution in [3.8, 4) is 17.3 Å². The van der Waals surface area contributed by atoms with Gasteiger partial charge in [0.15, 0.2) is 17.3 Å². The maximum atomic E-state index is 12.0. The van der Waals surface area contributed by atoms with Crippen molar-refractivity contribution in [3.05, 3.63) is 65.1 Å². The topological polar surface area (TPSA) is 75.6 Å². The molecule has 1 fully saturated rings. The minimum atomic E-state index is -0.125. The van der Waals surface area contributed by atoms with Crippen LogP contribution >= 0.6 is 0 Å². The summed E-state index contributed by atoms with van der Waals surface area (Å²) in [5.41, 5.74) is -0.125. The second-order valence-corrected chi connectivity index (χ2v) is 7.29. The predicted octanol–water partition coefficient (Wildman–Crippen LogP) is 1.52. The monoisotopic (exact) mass is 393 g/mol. The van der Waals surface area contributed by atoms with Crippen molar-refractivity contribution in [3.63, 3.8) is 0 Å². The van der Waals surface area contributed by atoms with Gasteiger partial charge in [0.2, 0.25) is 0 Å². The third-order valence-electron chi connectivity index (χ3n) is 5.32. The first-order chi connectivity index (χ1) is 14.3. The van der Waals surface area contributed by atoms with E-state index in [1.807, 2.05) is 42.5 Å². The summed E-state index contributed by atoms with van der Waals surface area (Å²) >= 11 is 0. The number of aromatic amines is 1. The molecule has 2 aliphatic rings. The molecule has 150 valence electrons. The number of H-pyrrole nitrogens is 1. The summed E-state index contributed by atoms with van der Waals surface area (Å²) in [5.74, 6) is 3.18. The minimum Gasteiger partial charge on any atom is -0.486 e. The van der Waals surface area contributed by atoms with Crippen LogP contribution in [0, 0.1) is 0 Å². The molecule has 29 heavy (non-hydrogen) atoms. The normalized spacial score (nSPS) is 19.3. The Hall–Kier alpha value is -3.26. The summed E-state index contributed by atoms with van der Waals surface area (Å²) in [4.78, 5) is 20.9. The van der Waals surface area contributed by atoms with Gasteiger partial charge in [0.1, 0.15) is 18.5 Å². The van der Waals surface area contributed by atoms with Crippen LogP contribution in [0.25, 0.3) is 5.82 Å². The molecule has 0 saturated carbocycles. The number of anilines is 1. The van der Waals surface area contributed by atoms with Gasteiger partial charge in [-0.3, -0.25) is 14.8 Å². The molecule has 0 unspecified atom stereocenters. The highest BCUT2D eigenvalue weighted by molar-refractivity contribution is 5.45. The van der Waals surface area contributed by atoms with Crippen molar-refractivity contribution in [1.82, 2.24) is 19.7 Å². The maximum absolute atomic E-state index is 12.0. The zero-order chi connectivity index (χ0) is 19.6. The highest BCUT2D eigenvalue weighted by Crippen LogP contribution is 2.31. The van der Waals surface area contributed by atoms with Crippen molar-refractivity contribution in [1.29, 1.82) is 0 Å². The molecule has 3 aromatic rings. The third kappa shape index (κ3) is 3.71. The third-order valence-corrected chi connectivity index (χ3v) is 5.32. The molecule has 5 rings (SSSR count). The molecule has 0 spiro atoms. The summed E-state index contributed by atoms with van der Waals surface area (Å²) in [6.45, 7) is 4.82. The quantitative estimate of drug-likeness (QED) is 0.725. The molecule has 8 nitrogen and oxygen atoms in total. The van der Waals surface area contributed by atoms with E-state index in [1.165, 1.54) is 0 Å². The minimum absolute atomic E-state index is 0.0235. The molecular weight excluding hydrogens is 370 g/mol. The molecule has 1 aromatic carbocycles. The van der Waals surface area contributed by atoms with Crippen LogP contribution in [0.3, 0.4) is 0 Å². The fourth-order valence-corrected chi connectivity index (χ4v) is 3.88. The zero-order valence-corrected chi connectivity index (χ0v) is 16.0. The number of aromatic nitrogens is 3. The van der Waals surface area contributed by atoms with E-state index in [0.29, 0.717) is 12.4 Å². The lowest BCUT2D eigenvalue weighted by Gasteiger charge is -2.38. The van der Waals surface area contributed by atoms with Crippen molar-refractivity contribution >= 4 is 5.82 Å². The Labute approximate surface area is 168 Å². The van der Waals surface area contributed by atoms with Crippen molar-refractivity contribution < 1.29 is 9.47 Å². The molecule has 1 saturated heterocycles. The van der Waals surface area contributed by atoms with Gasteiger partial charge in [-0.2, -0.15) is 0 Å². The SMILES string of the molecule is O=c1cc(N2CCN(C[C@H]3COc4ccccc4O3)CC2)n(-c2ccccn2)[nH]1. The highest BCUT2D eigenvalue weighted by Gasteiger charge is 2.26. The number of hydrogen-bond acceptors (Lipinski definition) is 6. The summed E-state index contributed by atoms with van der Waals surface area (Å²) < 4.78 is 13.7. The number of pyridine rings is 1. The zero-order valence-electron chi connectivity index (χ0n) is 16.0. The van der Waals surface area contributed by atoms with E-state index >= 15 is 0 Å². The number of piperazine rings is 1. The number of ether oxygens (including phenoxy) is 2. The Balaban J connectivity index is 1.22. The summed E-state index contributed by atoms with van der Waals surface area (Å²) in [5, 5.41) is 2.85. The van der Waals surface area contributed by atoms with Gasteiger partial charge in [-0.25, -0.2) is 9.67 Å². The van der Waals surface area contributed by atoms with E-state index < -0.39 is 0 Å². The van der Waals surface area contributed by atoms with Gasteiger partial charge in [-0.05, 0) is 24.3 Å². The van der Waals surface area contributed by atoms with Crippen LogP contribution in [0.1, 0.15) is 0 Å². The van der Waals surface area contributed by atoms with Crippen LogP contribution in [0.2, 0.25) is 0 Å². The van der Waals surface area contributed by atoms with E-state index in [2.05, 4.69) is 19.9 Å². The van der Waals surface area contributed by atoms with Crippen LogP contribution in [0.4, 0.5) is 5.82 Å². The van der Waals surface area contributed by atoms with Crippen molar-refractivity contribution in [2.75, 3.05) is 44.2 Å². The maximum Gasteiger partial charge on any atom is 0.266 e. The Morgan fingerprint density at radius 2 is 1.83 bits per heavy atom. The number of para-hydroxylation sites is 2. The fraction of sp³-hybridized carbons (Fsp3) is 0.333. The van der Waals surface area contributed by atoms with Crippen molar-refractivity contribution in [2.45, 2.75) is 6.10 Å². The highest BCUT2D eigenvalue weighted by atomic mass is 16.6. The smallest absolute Gasteiger partial charge is 0.266 e. The molecule has 1 N–H and O–H groups in total. The van der Waals surface area contributed by atoms with Crippen LogP contribution in [-0.2, 0) is 0 Å². The predicted molar refractivity (Wildman–Crippen MR) is 109 cm³/mol. The molecule has 4 heterocycles. The average molecular weight is 393 g/mol. The lowest BCUT2D eigenvalue weighted by atomic mass is 10.2. The van der Waals surface area contributed by atoms with E-state index in [-0.39, 0.29) is 11.7 Å². The van der Waals surface area contributed by atoms with Crippen LogP contribution in [0.15, 0.2) is 59.5 Å². The first-order valence-corrected chi connectivity index (χ1v) is 9.85. The Morgan fingerprint density at radius 3 is 2.62 bits per heavy atom. The molecular formula is C21H23N5O3. The summed E-state index contributed by atoms with van der Waals surface area (Å²) in [6.07, 6.45) is 1.75. The summed E-state index contributed by atoms with van der Waals surface area (Å²) in [7, 11) is 0. The number of nitrogens with one attached hydrogen (secondary N) is 1. The van der Waals surface area contributed by atoms with Crippen molar-refractivity contribution in [2.24, 2.45) is 0 Å². The van der Waals surface area contributed by atoms with Gasteiger partial charge in [0.25, 0.3) is 5.56 Å². The van der Waals surface area contributed by atoms with Crippen LogP contribution in [0.5, 0.6) is 11.5 Å². The molecule has 1 atom stereocenters. The van der Waals surface area contributed by atoms with Gasteiger partial charge in [-0.15, -0.1) is 0 Å². The Kier molecular flexibility index (Phi) is 4.69. The Morgan fingerprint density at radius 1 is 1.03 bits per heavy atom. The second kappa shape index (κ2) is 7.63. The van der Waals surface area contributed by atoms with E-state index in [0.717, 1.165) is 50.0 Å². The van der Waals surface area contributed by atoms with Gasteiger partial charge >= 0.3 is 0 Å². The molecule has 0 radical (unpaired) electrons. The second-order valence-electron chi connectivity index (χ2n) is 7.29. The lowest BCUT2D eigenvalue weighted by molar-refractivity contribution is 0.0570. The fourth-order valence-electron chi connectivity index (χ4n) is 3.88. The van der Waals surface area contributed by atoms with E-state index in [4.69, 9.17) is 9.47 Å².